The van der Waals surface area contributed by atoms with Crippen molar-refractivity contribution >= 4 is 17.9 Å². The standard InChI is InChI=1S/C70H107NO8/c1-6-8-10-12-14-16-18-20-22-24-26-28-29-30-31-32-33-34-35-36-37-38-39-41-43-45-47-49-51-53-55-57-59-61-68(73)79-66(65-78-70(69(74)75)76-63-62-71(3,4)5)64-77-67(72)60-58-56-54-52-50-48-46-44-42-40-27-25-23-21-19-17-15-13-11-9-7-2/h8-11,14-17,20-23,26-28,30-31,33-34,36-37,39-41,44-47,51,53,66,70H,6-7,12-13,18-19,24-25,29,32,35,38,42-43,48-50,52,54-65H2,1-5H3/b10-8-,11-9-,16-14-,17-15-,22-20-,23-21-,28-26-,31-30-,34-33-,37-36-,40-27-,41-39-,46-44-,47-45-,53-51-. The van der Waals surface area contributed by atoms with Crippen LogP contribution >= 0.6 is 0 Å². The van der Waals surface area contributed by atoms with Crippen LogP contribution in [-0.4, -0.2) is 82.3 Å². The van der Waals surface area contributed by atoms with Crippen LogP contribution < -0.4 is 5.11 Å². The van der Waals surface area contributed by atoms with E-state index in [0.717, 1.165) is 141 Å². The second-order valence-electron chi connectivity index (χ2n) is 20.2. The van der Waals surface area contributed by atoms with E-state index in [1.54, 1.807) is 0 Å². The molecule has 9 heteroatoms. The Labute approximate surface area is 481 Å². The van der Waals surface area contributed by atoms with Crippen LogP contribution in [-0.2, 0) is 33.3 Å². The van der Waals surface area contributed by atoms with Gasteiger partial charge in [0.1, 0.15) is 13.2 Å². The molecular formula is C70H107NO8. The molecule has 0 radical (unpaired) electrons. The smallest absolute Gasteiger partial charge is 0.306 e. The highest BCUT2D eigenvalue weighted by Crippen LogP contribution is 2.11. The van der Waals surface area contributed by atoms with Gasteiger partial charge in [-0.1, -0.05) is 215 Å². The average molecular weight is 1090 g/mol. The summed E-state index contributed by atoms with van der Waals surface area (Å²) in [5, 5.41) is 11.8. The van der Waals surface area contributed by atoms with E-state index in [1.165, 1.54) is 0 Å². The molecule has 0 aliphatic heterocycles. The molecule has 0 saturated heterocycles. The Bertz CT molecular complexity index is 1940. The van der Waals surface area contributed by atoms with Crippen LogP contribution in [0.1, 0.15) is 181 Å². The minimum Gasteiger partial charge on any atom is -0.545 e. The van der Waals surface area contributed by atoms with Gasteiger partial charge in [0.05, 0.1) is 40.3 Å². The molecule has 0 N–H and O–H groups in total. The Morgan fingerprint density at radius 2 is 0.684 bits per heavy atom. The molecule has 0 spiro atoms. The molecule has 0 amide bonds. The second kappa shape index (κ2) is 58.5. The van der Waals surface area contributed by atoms with E-state index in [1.807, 2.05) is 21.1 Å². The molecule has 0 aromatic heterocycles. The van der Waals surface area contributed by atoms with Gasteiger partial charge in [-0.15, -0.1) is 0 Å². The van der Waals surface area contributed by atoms with Crippen molar-refractivity contribution in [2.45, 2.75) is 193 Å². The van der Waals surface area contributed by atoms with Crippen LogP contribution in [0.15, 0.2) is 182 Å². The number of aliphatic carboxylic acids is 1. The van der Waals surface area contributed by atoms with Gasteiger partial charge < -0.3 is 33.3 Å². The van der Waals surface area contributed by atoms with Gasteiger partial charge in [-0.2, -0.15) is 0 Å². The number of esters is 2. The van der Waals surface area contributed by atoms with Crippen LogP contribution in [0.4, 0.5) is 0 Å². The zero-order valence-electron chi connectivity index (χ0n) is 49.9. The van der Waals surface area contributed by atoms with Crippen LogP contribution in [0.25, 0.3) is 0 Å². The summed E-state index contributed by atoms with van der Waals surface area (Å²) in [6, 6.07) is 0. The summed E-state index contributed by atoms with van der Waals surface area (Å²) in [6.45, 7) is 4.40. The minimum atomic E-state index is -1.65. The Hall–Kier alpha value is -5.61. The summed E-state index contributed by atoms with van der Waals surface area (Å²) in [7, 11) is 5.88. The van der Waals surface area contributed by atoms with Crippen molar-refractivity contribution in [2.75, 3.05) is 47.5 Å². The maximum Gasteiger partial charge on any atom is 0.306 e. The van der Waals surface area contributed by atoms with Crippen LogP contribution in [0, 0.1) is 0 Å². The molecule has 0 saturated carbocycles. The monoisotopic (exact) mass is 1090 g/mol. The van der Waals surface area contributed by atoms with Crippen LogP contribution in [0.2, 0.25) is 0 Å². The number of likely N-dealkylation sites (N-methyl/N-ethyl adjacent to an activating group) is 1. The zero-order chi connectivity index (χ0) is 57.6. The third kappa shape index (κ3) is 59.9. The highest BCUT2D eigenvalue weighted by molar-refractivity contribution is 5.70. The number of unbranched alkanes of at least 4 members (excludes halogenated alkanes) is 7. The topological polar surface area (TPSA) is 111 Å². The van der Waals surface area contributed by atoms with E-state index in [9.17, 15) is 19.5 Å². The number of ether oxygens (including phenoxy) is 4. The minimum absolute atomic E-state index is 0.124. The quantitative estimate of drug-likeness (QED) is 0.0195. The zero-order valence-corrected chi connectivity index (χ0v) is 49.9. The van der Waals surface area contributed by atoms with Crippen molar-refractivity contribution in [3.8, 4) is 0 Å². The van der Waals surface area contributed by atoms with Gasteiger partial charge >= 0.3 is 11.9 Å². The molecule has 440 valence electrons. The number of hydrogen-bond acceptors (Lipinski definition) is 8. The van der Waals surface area contributed by atoms with E-state index in [4.69, 9.17) is 18.9 Å². The highest BCUT2D eigenvalue weighted by Gasteiger charge is 2.22. The molecule has 0 heterocycles. The Morgan fingerprint density at radius 3 is 1.04 bits per heavy atom. The van der Waals surface area contributed by atoms with Crippen molar-refractivity contribution in [2.24, 2.45) is 0 Å². The summed E-state index contributed by atoms with van der Waals surface area (Å²) in [6.07, 6.45) is 86.6. The van der Waals surface area contributed by atoms with Crippen molar-refractivity contribution in [1.82, 2.24) is 0 Å². The van der Waals surface area contributed by atoms with Gasteiger partial charge in [-0.05, 0) is 135 Å². The number of carbonyl (C=O) groups excluding carboxylic acids is 3. The number of nitrogens with zero attached hydrogens (tertiary/aromatic N) is 1. The van der Waals surface area contributed by atoms with Crippen molar-refractivity contribution in [1.29, 1.82) is 0 Å². The molecule has 2 unspecified atom stereocenters. The number of quaternary nitrogens is 1. The van der Waals surface area contributed by atoms with Crippen LogP contribution in [0.3, 0.4) is 0 Å². The molecule has 0 bridgehead atoms. The normalized spacial score (nSPS) is 14.1. The number of carboxylic acid groups (broad SMARTS) is 1. The number of carboxylic acids is 1. The van der Waals surface area contributed by atoms with Crippen LogP contribution in [0.5, 0.6) is 0 Å². The summed E-state index contributed by atoms with van der Waals surface area (Å²) >= 11 is 0. The molecule has 0 rings (SSSR count). The lowest BCUT2D eigenvalue weighted by atomic mass is 10.1. The van der Waals surface area contributed by atoms with E-state index in [2.05, 4.69) is 196 Å². The number of hydrogen-bond donors (Lipinski definition) is 0. The first-order valence-corrected chi connectivity index (χ1v) is 29.9. The molecule has 0 fully saturated rings. The SMILES string of the molecule is CC/C=C\C/C=C\C/C=C\C/C=C\C/C=C\C/C=C\C/C=C\C/C=C\C/C=C\C/C=C\CCCCC(=O)OC(COC(=O)CCCCCCC/C=C\C/C=C\C/C=C\C/C=C\C/C=C\CC)COC(OCC[N+](C)(C)C)C(=O)[O-]. The largest absolute Gasteiger partial charge is 0.545 e. The first-order chi connectivity index (χ1) is 38.6. The molecule has 0 aromatic rings. The first kappa shape index (κ1) is 73.4. The second-order valence-corrected chi connectivity index (χ2v) is 20.2. The maximum absolute atomic E-state index is 12.9. The van der Waals surface area contributed by atoms with Crippen molar-refractivity contribution < 1.29 is 42.9 Å². The number of carbonyl (C=O) groups is 3. The summed E-state index contributed by atoms with van der Waals surface area (Å²) < 4.78 is 22.6. The fourth-order valence-corrected chi connectivity index (χ4v) is 7.12. The van der Waals surface area contributed by atoms with Crippen molar-refractivity contribution in [3.05, 3.63) is 182 Å². The van der Waals surface area contributed by atoms with Gasteiger partial charge in [0.15, 0.2) is 12.4 Å². The van der Waals surface area contributed by atoms with Crippen molar-refractivity contribution in [3.63, 3.8) is 0 Å². The predicted molar refractivity (Wildman–Crippen MR) is 333 cm³/mol. The lowest BCUT2D eigenvalue weighted by molar-refractivity contribution is -0.870. The van der Waals surface area contributed by atoms with Gasteiger partial charge in [-0.3, -0.25) is 9.59 Å². The highest BCUT2D eigenvalue weighted by atomic mass is 16.7. The predicted octanol–water partition coefficient (Wildman–Crippen LogP) is 16.8. The maximum atomic E-state index is 12.9. The van der Waals surface area contributed by atoms with Gasteiger partial charge in [0, 0.05) is 12.8 Å². The van der Waals surface area contributed by atoms with Gasteiger partial charge in [-0.25, -0.2) is 0 Å². The first-order valence-electron chi connectivity index (χ1n) is 29.9. The third-order valence-corrected chi connectivity index (χ3v) is 11.6. The lowest BCUT2D eigenvalue weighted by Crippen LogP contribution is -2.44. The molecule has 2 atom stereocenters. The summed E-state index contributed by atoms with van der Waals surface area (Å²) in [4.78, 5) is 37.3. The molecular weight excluding hydrogens is 983 g/mol. The molecule has 79 heavy (non-hydrogen) atoms. The third-order valence-electron chi connectivity index (χ3n) is 11.6. The molecule has 0 aromatic carbocycles. The Balaban J connectivity index is 4.42. The molecule has 9 nitrogen and oxygen atoms in total. The molecule has 0 aliphatic carbocycles. The van der Waals surface area contributed by atoms with E-state index >= 15 is 0 Å². The summed E-state index contributed by atoms with van der Waals surface area (Å²) in [5.74, 6) is -2.40. The number of allylic oxidation sites excluding steroid dienone is 30. The van der Waals surface area contributed by atoms with Gasteiger partial charge in [0.2, 0.25) is 0 Å². The fourth-order valence-electron chi connectivity index (χ4n) is 7.12. The average Bonchev–Trinajstić information content (AvgIpc) is 3.42. The Kier molecular flexibility index (Phi) is 54.4. The number of rotatable bonds is 52. The van der Waals surface area contributed by atoms with E-state index in [-0.39, 0.29) is 32.7 Å². The van der Waals surface area contributed by atoms with E-state index in [0.29, 0.717) is 23.9 Å². The summed E-state index contributed by atoms with van der Waals surface area (Å²) in [5.41, 5.74) is 0. The fraction of sp³-hybridized carbons (Fsp3) is 0.529. The lowest BCUT2D eigenvalue weighted by Gasteiger charge is -2.26. The van der Waals surface area contributed by atoms with E-state index < -0.39 is 30.3 Å². The van der Waals surface area contributed by atoms with Gasteiger partial charge in [0.25, 0.3) is 0 Å². The Morgan fingerprint density at radius 1 is 0.380 bits per heavy atom. The molecule has 0 aliphatic rings.